The van der Waals surface area contributed by atoms with Crippen molar-refractivity contribution in [1.82, 2.24) is 9.97 Å². The van der Waals surface area contributed by atoms with E-state index in [1.54, 1.807) is 6.20 Å². The van der Waals surface area contributed by atoms with Gasteiger partial charge in [0.15, 0.2) is 0 Å². The van der Waals surface area contributed by atoms with Crippen molar-refractivity contribution in [2.75, 3.05) is 0 Å². The number of hydrogen-bond donors (Lipinski definition) is 0. The first-order valence-corrected chi connectivity index (χ1v) is 6.15. The quantitative estimate of drug-likeness (QED) is 0.612. The van der Waals surface area contributed by atoms with Gasteiger partial charge in [-0.3, -0.25) is 0 Å². The molecular weight excluding hydrogens is 345 g/mol. The van der Waals surface area contributed by atoms with Crippen molar-refractivity contribution < 1.29 is 8.78 Å². The van der Waals surface area contributed by atoms with Crippen molar-refractivity contribution in [3.63, 3.8) is 0 Å². The van der Waals surface area contributed by atoms with Crippen LogP contribution >= 0.6 is 34.4 Å². The Morgan fingerprint density at radius 2 is 2.06 bits per heavy atom. The van der Waals surface area contributed by atoms with Crippen LogP contribution in [0, 0.1) is 15.2 Å². The van der Waals surface area contributed by atoms with Gasteiger partial charge in [-0.15, -0.1) is 0 Å². The lowest BCUT2D eigenvalue weighted by atomic mass is 10.3. The molecule has 82 valence electrons. The van der Waals surface area contributed by atoms with Crippen LogP contribution < -0.4 is 0 Å². The number of nitrogens with zero attached hydrogens (tertiary/aromatic N) is 2. The smallest absolute Gasteiger partial charge is 0.137 e. The Labute approximate surface area is 109 Å². The van der Waals surface area contributed by atoms with Crippen molar-refractivity contribution in [3.05, 3.63) is 45.9 Å². The third kappa shape index (κ3) is 2.67. The van der Waals surface area contributed by atoms with Gasteiger partial charge in [0.1, 0.15) is 23.0 Å². The number of aromatic nitrogens is 2. The van der Waals surface area contributed by atoms with Crippen molar-refractivity contribution in [2.45, 2.75) is 9.92 Å². The summed E-state index contributed by atoms with van der Waals surface area (Å²) >= 11 is 3.13. The monoisotopic (exact) mass is 350 g/mol. The average molecular weight is 350 g/mol. The summed E-state index contributed by atoms with van der Waals surface area (Å²) in [6.07, 6.45) is 2.99. The summed E-state index contributed by atoms with van der Waals surface area (Å²) in [6, 6.07) is 3.34. The van der Waals surface area contributed by atoms with Gasteiger partial charge in [0, 0.05) is 6.20 Å². The van der Waals surface area contributed by atoms with Gasteiger partial charge in [-0.05, 0) is 40.8 Å². The van der Waals surface area contributed by atoms with Crippen LogP contribution in [-0.4, -0.2) is 9.97 Å². The normalized spacial score (nSPS) is 10.4. The second-order valence-corrected chi connectivity index (χ2v) is 5.05. The number of benzene rings is 1. The molecule has 1 aromatic heterocycles. The van der Waals surface area contributed by atoms with Crippen LogP contribution in [0.1, 0.15) is 0 Å². The van der Waals surface area contributed by atoms with E-state index in [4.69, 9.17) is 0 Å². The molecule has 2 nitrogen and oxygen atoms in total. The van der Waals surface area contributed by atoms with Gasteiger partial charge in [0.25, 0.3) is 0 Å². The molecule has 0 N–H and O–H groups in total. The molecule has 0 fully saturated rings. The minimum atomic E-state index is -0.465. The Hall–Kier alpha value is -0.760. The molecule has 0 spiro atoms. The van der Waals surface area contributed by atoms with E-state index >= 15 is 0 Å². The molecule has 1 heterocycles. The molecule has 0 unspecified atom stereocenters. The molecule has 16 heavy (non-hydrogen) atoms. The van der Waals surface area contributed by atoms with Crippen LogP contribution in [0.2, 0.25) is 0 Å². The largest absolute Gasteiger partial charge is 0.244 e. The third-order valence-corrected chi connectivity index (χ3v) is 3.94. The minimum Gasteiger partial charge on any atom is -0.244 e. The highest BCUT2D eigenvalue weighted by Crippen LogP contribution is 2.31. The molecule has 0 amide bonds. The van der Waals surface area contributed by atoms with E-state index in [2.05, 4.69) is 9.97 Å². The Bertz CT molecular complexity index is 522. The van der Waals surface area contributed by atoms with Gasteiger partial charge < -0.3 is 0 Å². The number of rotatable bonds is 2. The van der Waals surface area contributed by atoms with Gasteiger partial charge in [-0.2, -0.15) is 0 Å². The molecule has 0 saturated carbocycles. The molecule has 6 heteroatoms. The Morgan fingerprint density at radius 1 is 1.25 bits per heavy atom. The maximum atomic E-state index is 13.4. The zero-order valence-electron chi connectivity index (χ0n) is 7.82. The molecule has 0 bridgehead atoms. The molecule has 0 aliphatic carbocycles. The van der Waals surface area contributed by atoms with Crippen LogP contribution in [0.5, 0.6) is 0 Å². The SMILES string of the molecule is Fc1ccc(F)c(Sc2ncncc2I)c1. The van der Waals surface area contributed by atoms with Crippen LogP contribution in [0.4, 0.5) is 8.78 Å². The van der Waals surface area contributed by atoms with Crippen molar-refractivity contribution in [1.29, 1.82) is 0 Å². The lowest BCUT2D eigenvalue weighted by Crippen LogP contribution is -1.89. The lowest BCUT2D eigenvalue weighted by molar-refractivity contribution is 0.577. The fourth-order valence-corrected chi connectivity index (χ4v) is 2.46. The first kappa shape index (κ1) is 11.7. The summed E-state index contributed by atoms with van der Waals surface area (Å²) in [5.74, 6) is -0.922. The zero-order valence-corrected chi connectivity index (χ0v) is 10.8. The summed E-state index contributed by atoms with van der Waals surface area (Å²) in [7, 11) is 0. The summed E-state index contributed by atoms with van der Waals surface area (Å²) in [6.45, 7) is 0. The van der Waals surface area contributed by atoms with Crippen molar-refractivity contribution >= 4 is 34.4 Å². The molecule has 0 radical (unpaired) electrons. The topological polar surface area (TPSA) is 25.8 Å². The van der Waals surface area contributed by atoms with Gasteiger partial charge >= 0.3 is 0 Å². The Balaban J connectivity index is 2.34. The first-order chi connectivity index (χ1) is 7.66. The molecule has 0 aliphatic heterocycles. The first-order valence-electron chi connectivity index (χ1n) is 4.25. The second-order valence-electron chi connectivity index (χ2n) is 2.85. The fraction of sp³-hybridized carbons (Fsp3) is 0. The van der Waals surface area contributed by atoms with Crippen molar-refractivity contribution in [2.24, 2.45) is 0 Å². The van der Waals surface area contributed by atoms with E-state index in [0.29, 0.717) is 5.03 Å². The van der Waals surface area contributed by atoms with E-state index in [0.717, 1.165) is 33.5 Å². The second kappa shape index (κ2) is 5.05. The van der Waals surface area contributed by atoms with E-state index in [1.165, 1.54) is 6.33 Å². The van der Waals surface area contributed by atoms with Crippen LogP contribution in [-0.2, 0) is 0 Å². The predicted molar refractivity (Wildman–Crippen MR) is 65.2 cm³/mol. The maximum absolute atomic E-state index is 13.4. The van der Waals surface area contributed by atoms with E-state index in [-0.39, 0.29) is 4.90 Å². The number of halogens is 3. The Morgan fingerprint density at radius 3 is 2.81 bits per heavy atom. The van der Waals surface area contributed by atoms with Gasteiger partial charge in [-0.25, -0.2) is 18.7 Å². The van der Waals surface area contributed by atoms with Gasteiger partial charge in [0.05, 0.1) is 8.47 Å². The molecule has 0 atom stereocenters. The lowest BCUT2D eigenvalue weighted by Gasteiger charge is -2.03. The summed E-state index contributed by atoms with van der Waals surface area (Å²) in [4.78, 5) is 8.05. The summed E-state index contributed by atoms with van der Waals surface area (Å²) in [5, 5.41) is 0.611. The molecular formula is C10H5F2IN2S. The highest BCUT2D eigenvalue weighted by Gasteiger charge is 2.09. The maximum Gasteiger partial charge on any atom is 0.137 e. The van der Waals surface area contributed by atoms with Crippen LogP contribution in [0.25, 0.3) is 0 Å². The minimum absolute atomic E-state index is 0.219. The zero-order chi connectivity index (χ0) is 11.5. The summed E-state index contributed by atoms with van der Waals surface area (Å²) in [5.41, 5.74) is 0. The highest BCUT2D eigenvalue weighted by atomic mass is 127. The van der Waals surface area contributed by atoms with Crippen LogP contribution in [0.15, 0.2) is 40.6 Å². The summed E-state index contributed by atoms with van der Waals surface area (Å²) < 4.78 is 27.1. The molecule has 2 rings (SSSR count). The Kier molecular flexibility index (Phi) is 3.70. The molecule has 1 aromatic carbocycles. The van der Waals surface area contributed by atoms with Gasteiger partial charge in [0.2, 0.25) is 0 Å². The van der Waals surface area contributed by atoms with E-state index in [9.17, 15) is 8.78 Å². The third-order valence-electron chi connectivity index (χ3n) is 1.73. The number of hydrogen-bond acceptors (Lipinski definition) is 3. The van der Waals surface area contributed by atoms with Gasteiger partial charge in [-0.1, -0.05) is 11.8 Å². The van der Waals surface area contributed by atoms with E-state index < -0.39 is 11.6 Å². The highest BCUT2D eigenvalue weighted by molar-refractivity contribution is 14.1. The molecule has 0 saturated heterocycles. The average Bonchev–Trinajstić information content (AvgIpc) is 2.27. The standard InChI is InChI=1S/C10H5F2IN2S/c11-6-1-2-7(12)9(3-6)16-10-8(13)4-14-5-15-10/h1-5H. The van der Waals surface area contributed by atoms with Crippen LogP contribution in [0.3, 0.4) is 0 Å². The predicted octanol–water partition coefficient (Wildman–Crippen LogP) is 3.51. The van der Waals surface area contributed by atoms with Crippen molar-refractivity contribution in [3.8, 4) is 0 Å². The van der Waals surface area contributed by atoms with E-state index in [1.807, 2.05) is 22.6 Å². The molecule has 0 aliphatic rings. The molecule has 2 aromatic rings. The fourth-order valence-electron chi connectivity index (χ4n) is 1.04.